The molecule has 0 unspecified atom stereocenters. The number of hydrogen-bond acceptors (Lipinski definition) is 4. The normalized spacial score (nSPS) is 15.9. The van der Waals surface area contributed by atoms with Gasteiger partial charge in [0.25, 0.3) is 0 Å². The van der Waals surface area contributed by atoms with E-state index in [1.165, 1.54) is 5.56 Å². The van der Waals surface area contributed by atoms with Crippen LogP contribution in [0.15, 0.2) is 18.2 Å². The Hall–Kier alpha value is -1.65. The van der Waals surface area contributed by atoms with Gasteiger partial charge >= 0.3 is 0 Å². The van der Waals surface area contributed by atoms with Crippen molar-refractivity contribution >= 4 is 10.9 Å². The summed E-state index contributed by atoms with van der Waals surface area (Å²) in [6.45, 7) is 8.76. The standard InChI is InChI=1S/C18H24N2O2/c1-5-20-10-9-14-13(11-20)16(18(2,3)21)12-7-6-8-15(22-4)17(12)19-14/h6-8,21H,5,9-11H2,1-4H3. The van der Waals surface area contributed by atoms with Gasteiger partial charge in [-0.2, -0.15) is 0 Å². The first kappa shape index (κ1) is 15.3. The van der Waals surface area contributed by atoms with E-state index < -0.39 is 5.60 Å². The van der Waals surface area contributed by atoms with Gasteiger partial charge in [0.1, 0.15) is 11.3 Å². The second-order valence-electron chi connectivity index (χ2n) is 6.45. The number of nitrogens with zero attached hydrogens (tertiary/aromatic N) is 2. The molecule has 1 aromatic carbocycles. The van der Waals surface area contributed by atoms with Crippen LogP contribution in [0.1, 0.15) is 37.6 Å². The summed E-state index contributed by atoms with van der Waals surface area (Å²) in [5.74, 6) is 0.767. The number of rotatable bonds is 3. The van der Waals surface area contributed by atoms with E-state index in [1.807, 2.05) is 32.0 Å². The number of benzene rings is 1. The lowest BCUT2D eigenvalue weighted by Gasteiger charge is -2.33. The average molecular weight is 300 g/mol. The Balaban J connectivity index is 2.34. The number of hydrogen-bond donors (Lipinski definition) is 1. The first-order valence-corrected chi connectivity index (χ1v) is 7.89. The summed E-state index contributed by atoms with van der Waals surface area (Å²) in [6.07, 6.45) is 0.917. The fraction of sp³-hybridized carbons (Fsp3) is 0.500. The summed E-state index contributed by atoms with van der Waals surface area (Å²) in [5, 5.41) is 11.8. The molecular formula is C18H24N2O2. The van der Waals surface area contributed by atoms with Crippen molar-refractivity contribution in [2.45, 2.75) is 39.3 Å². The molecule has 4 nitrogen and oxygen atoms in total. The van der Waals surface area contributed by atoms with Crippen molar-refractivity contribution in [1.29, 1.82) is 0 Å². The summed E-state index contributed by atoms with van der Waals surface area (Å²) in [6, 6.07) is 5.92. The Labute approximate surface area is 131 Å². The van der Waals surface area contributed by atoms with Crippen LogP contribution in [0.5, 0.6) is 5.75 Å². The molecule has 1 aromatic heterocycles. The molecule has 118 valence electrons. The van der Waals surface area contributed by atoms with Crippen molar-refractivity contribution < 1.29 is 9.84 Å². The van der Waals surface area contributed by atoms with Crippen LogP contribution in [-0.2, 0) is 18.6 Å². The highest BCUT2D eigenvalue weighted by molar-refractivity contribution is 5.89. The minimum absolute atomic E-state index is 0.767. The van der Waals surface area contributed by atoms with Gasteiger partial charge in [0.05, 0.1) is 12.7 Å². The monoisotopic (exact) mass is 300 g/mol. The molecule has 0 saturated heterocycles. The van der Waals surface area contributed by atoms with Crippen molar-refractivity contribution in [3.63, 3.8) is 0 Å². The summed E-state index contributed by atoms with van der Waals surface area (Å²) < 4.78 is 5.47. The molecule has 0 radical (unpaired) electrons. The second-order valence-corrected chi connectivity index (χ2v) is 6.45. The van der Waals surface area contributed by atoms with Crippen LogP contribution in [0.2, 0.25) is 0 Å². The van der Waals surface area contributed by atoms with Crippen molar-refractivity contribution in [3.05, 3.63) is 35.0 Å². The molecule has 0 spiro atoms. The zero-order chi connectivity index (χ0) is 15.9. The lowest BCUT2D eigenvalue weighted by molar-refractivity contribution is 0.0775. The smallest absolute Gasteiger partial charge is 0.145 e. The van der Waals surface area contributed by atoms with Crippen LogP contribution >= 0.6 is 0 Å². The van der Waals surface area contributed by atoms with Crippen molar-refractivity contribution in [2.75, 3.05) is 20.2 Å². The molecule has 1 aliphatic rings. The fourth-order valence-electron chi connectivity index (χ4n) is 3.43. The van der Waals surface area contributed by atoms with Crippen LogP contribution in [0, 0.1) is 0 Å². The highest BCUT2D eigenvalue weighted by Crippen LogP contribution is 2.37. The van der Waals surface area contributed by atoms with Gasteiger partial charge in [-0.15, -0.1) is 0 Å². The predicted octanol–water partition coefficient (Wildman–Crippen LogP) is 2.85. The molecule has 0 saturated carbocycles. The van der Waals surface area contributed by atoms with Crippen LogP contribution in [0.4, 0.5) is 0 Å². The Kier molecular flexibility index (Phi) is 3.83. The Morgan fingerprint density at radius 3 is 2.77 bits per heavy atom. The van der Waals surface area contributed by atoms with Crippen molar-refractivity contribution in [1.82, 2.24) is 9.88 Å². The maximum absolute atomic E-state index is 10.8. The first-order valence-electron chi connectivity index (χ1n) is 7.89. The molecule has 22 heavy (non-hydrogen) atoms. The molecular weight excluding hydrogens is 276 g/mol. The maximum atomic E-state index is 10.8. The van der Waals surface area contributed by atoms with Gasteiger partial charge in [0.2, 0.25) is 0 Å². The Morgan fingerprint density at radius 2 is 2.14 bits per heavy atom. The second kappa shape index (κ2) is 5.52. The predicted molar refractivity (Wildman–Crippen MR) is 88.2 cm³/mol. The molecule has 4 heteroatoms. The number of aromatic nitrogens is 1. The quantitative estimate of drug-likeness (QED) is 0.947. The third kappa shape index (κ3) is 2.46. The maximum Gasteiger partial charge on any atom is 0.145 e. The van der Waals surface area contributed by atoms with Gasteiger partial charge < -0.3 is 9.84 Å². The number of pyridine rings is 1. The molecule has 0 bridgehead atoms. The van der Waals surface area contributed by atoms with Crippen LogP contribution in [0.3, 0.4) is 0 Å². The topological polar surface area (TPSA) is 45.6 Å². The van der Waals surface area contributed by atoms with E-state index in [-0.39, 0.29) is 0 Å². The number of methoxy groups -OCH3 is 1. The zero-order valence-corrected chi connectivity index (χ0v) is 13.8. The molecule has 0 atom stereocenters. The van der Waals surface area contributed by atoms with Crippen LogP contribution < -0.4 is 4.74 Å². The summed E-state index contributed by atoms with van der Waals surface area (Å²) in [4.78, 5) is 7.26. The van der Waals surface area contributed by atoms with E-state index in [1.54, 1.807) is 7.11 Å². The number of aliphatic hydroxyl groups is 1. The van der Waals surface area contributed by atoms with Crippen molar-refractivity contribution in [2.24, 2.45) is 0 Å². The average Bonchev–Trinajstić information content (AvgIpc) is 2.50. The molecule has 0 amide bonds. The highest BCUT2D eigenvalue weighted by Gasteiger charge is 2.29. The molecule has 0 fully saturated rings. The molecule has 2 aromatic rings. The van der Waals surface area contributed by atoms with Gasteiger partial charge in [-0.05, 0) is 37.6 Å². The highest BCUT2D eigenvalue weighted by atomic mass is 16.5. The van der Waals surface area contributed by atoms with E-state index in [0.717, 1.165) is 54.0 Å². The van der Waals surface area contributed by atoms with E-state index >= 15 is 0 Å². The Bertz CT molecular complexity index is 704. The van der Waals surface area contributed by atoms with E-state index in [2.05, 4.69) is 11.8 Å². The number of ether oxygens (including phenoxy) is 1. The lowest BCUT2D eigenvalue weighted by atomic mass is 9.86. The van der Waals surface area contributed by atoms with Crippen molar-refractivity contribution in [3.8, 4) is 5.75 Å². The molecule has 0 aliphatic carbocycles. The van der Waals surface area contributed by atoms with Gasteiger partial charge in [0.15, 0.2) is 0 Å². The third-order valence-corrected chi connectivity index (χ3v) is 4.49. The summed E-state index contributed by atoms with van der Waals surface area (Å²) in [5.41, 5.74) is 3.21. The third-order valence-electron chi connectivity index (χ3n) is 4.49. The minimum Gasteiger partial charge on any atom is -0.494 e. The summed E-state index contributed by atoms with van der Waals surface area (Å²) in [7, 11) is 1.67. The molecule has 2 heterocycles. The number of para-hydroxylation sites is 1. The fourth-order valence-corrected chi connectivity index (χ4v) is 3.43. The SMILES string of the molecule is CCN1CCc2nc3c(OC)cccc3c(C(C)(C)O)c2C1. The van der Waals surface area contributed by atoms with E-state index in [9.17, 15) is 5.11 Å². The van der Waals surface area contributed by atoms with Gasteiger partial charge in [0, 0.05) is 30.6 Å². The molecule has 3 rings (SSSR count). The van der Waals surface area contributed by atoms with Gasteiger partial charge in [-0.3, -0.25) is 4.90 Å². The minimum atomic E-state index is -0.908. The molecule has 1 N–H and O–H groups in total. The van der Waals surface area contributed by atoms with Crippen LogP contribution in [-0.4, -0.2) is 35.2 Å². The van der Waals surface area contributed by atoms with Crippen LogP contribution in [0.25, 0.3) is 10.9 Å². The van der Waals surface area contributed by atoms with Gasteiger partial charge in [-0.25, -0.2) is 4.98 Å². The van der Waals surface area contributed by atoms with E-state index in [0.29, 0.717) is 0 Å². The van der Waals surface area contributed by atoms with E-state index in [4.69, 9.17) is 9.72 Å². The number of fused-ring (bicyclic) bond motifs is 2. The summed E-state index contributed by atoms with van der Waals surface area (Å²) >= 11 is 0. The first-order chi connectivity index (χ1) is 10.5. The lowest BCUT2D eigenvalue weighted by Crippen LogP contribution is -2.33. The van der Waals surface area contributed by atoms with Gasteiger partial charge in [-0.1, -0.05) is 19.1 Å². The zero-order valence-electron chi connectivity index (χ0n) is 13.8. The largest absolute Gasteiger partial charge is 0.494 e. The molecule has 1 aliphatic heterocycles. The Morgan fingerprint density at radius 1 is 1.36 bits per heavy atom. The number of likely N-dealkylation sites (N-methyl/N-ethyl adjacent to an activating group) is 1.